The summed E-state index contributed by atoms with van der Waals surface area (Å²) in [4.78, 5) is 12.4. The summed E-state index contributed by atoms with van der Waals surface area (Å²) in [6, 6.07) is 0. The van der Waals surface area contributed by atoms with Crippen molar-refractivity contribution in [2.75, 3.05) is 19.6 Å². The summed E-state index contributed by atoms with van der Waals surface area (Å²) in [6.45, 7) is 12.3. The van der Waals surface area contributed by atoms with E-state index in [-0.39, 0.29) is 11.3 Å². The molecule has 20 heavy (non-hydrogen) atoms. The predicted molar refractivity (Wildman–Crippen MR) is 82.5 cm³/mol. The third-order valence-electron chi connectivity index (χ3n) is 4.38. The van der Waals surface area contributed by atoms with Crippen molar-refractivity contribution in [3.63, 3.8) is 0 Å². The van der Waals surface area contributed by atoms with Gasteiger partial charge < -0.3 is 15.7 Å². The highest BCUT2D eigenvalue weighted by Gasteiger charge is 2.37. The second kappa shape index (κ2) is 6.90. The number of hydrogen-bond donors (Lipinski definition) is 3. The lowest BCUT2D eigenvalue weighted by Gasteiger charge is -2.37. The molecule has 1 amide bonds. The lowest BCUT2D eigenvalue weighted by Crippen LogP contribution is -2.50. The first-order valence-electron chi connectivity index (χ1n) is 7.86. The van der Waals surface area contributed by atoms with Crippen LogP contribution in [-0.4, -0.2) is 36.2 Å². The number of aliphatic hydroxyl groups is 1. The molecular formula is C16H32N2O2. The first-order valence-corrected chi connectivity index (χ1v) is 7.86. The van der Waals surface area contributed by atoms with Gasteiger partial charge in [-0.3, -0.25) is 4.79 Å². The highest BCUT2D eigenvalue weighted by molar-refractivity contribution is 5.82. The number of hydrogen-bond acceptors (Lipinski definition) is 3. The SMILES string of the molecule is CC(C)CC(C)(O)CNC(=O)C(C)(C)C1CCCNC1. The molecule has 4 heteroatoms. The van der Waals surface area contributed by atoms with E-state index in [0.717, 1.165) is 25.9 Å². The number of piperidine rings is 1. The van der Waals surface area contributed by atoms with Crippen LogP contribution in [0.2, 0.25) is 0 Å². The fourth-order valence-electron chi connectivity index (χ4n) is 3.10. The Hall–Kier alpha value is -0.610. The average Bonchev–Trinajstić information content (AvgIpc) is 2.35. The highest BCUT2D eigenvalue weighted by atomic mass is 16.3. The summed E-state index contributed by atoms with van der Waals surface area (Å²) >= 11 is 0. The van der Waals surface area contributed by atoms with Gasteiger partial charge in [0.1, 0.15) is 0 Å². The van der Waals surface area contributed by atoms with Crippen molar-refractivity contribution >= 4 is 5.91 Å². The zero-order valence-electron chi connectivity index (χ0n) is 13.8. The molecule has 1 aliphatic rings. The molecule has 0 spiro atoms. The molecule has 0 aromatic heterocycles. The number of nitrogens with one attached hydrogen (secondary N) is 2. The Bertz CT molecular complexity index is 318. The van der Waals surface area contributed by atoms with Gasteiger partial charge in [0.2, 0.25) is 5.91 Å². The topological polar surface area (TPSA) is 61.4 Å². The van der Waals surface area contributed by atoms with Gasteiger partial charge in [0.15, 0.2) is 0 Å². The maximum absolute atomic E-state index is 12.4. The highest BCUT2D eigenvalue weighted by Crippen LogP contribution is 2.32. The van der Waals surface area contributed by atoms with Crippen LogP contribution in [-0.2, 0) is 4.79 Å². The Balaban J connectivity index is 2.52. The average molecular weight is 284 g/mol. The van der Waals surface area contributed by atoms with Crippen molar-refractivity contribution < 1.29 is 9.90 Å². The van der Waals surface area contributed by atoms with Gasteiger partial charge >= 0.3 is 0 Å². The normalized spacial score (nSPS) is 23.4. The quantitative estimate of drug-likeness (QED) is 0.698. The fraction of sp³-hybridized carbons (Fsp3) is 0.938. The number of carbonyl (C=O) groups excluding carboxylic acids is 1. The van der Waals surface area contributed by atoms with Gasteiger partial charge in [-0.15, -0.1) is 0 Å². The van der Waals surface area contributed by atoms with Crippen molar-refractivity contribution in [2.24, 2.45) is 17.3 Å². The monoisotopic (exact) mass is 284 g/mol. The zero-order chi connectivity index (χ0) is 15.4. The maximum atomic E-state index is 12.4. The standard InChI is InChI=1S/C16H32N2O2/c1-12(2)9-16(5,20)11-18-14(19)15(3,4)13-7-6-8-17-10-13/h12-13,17,20H,6-11H2,1-5H3,(H,18,19). The predicted octanol–water partition coefficient (Wildman–Crippen LogP) is 1.93. The number of carbonyl (C=O) groups is 1. The molecular weight excluding hydrogens is 252 g/mol. The van der Waals surface area contributed by atoms with E-state index >= 15 is 0 Å². The molecule has 4 nitrogen and oxygen atoms in total. The molecule has 0 saturated carbocycles. The van der Waals surface area contributed by atoms with Crippen LogP contribution < -0.4 is 10.6 Å². The second-order valence-electron chi connectivity index (χ2n) is 7.54. The lowest BCUT2D eigenvalue weighted by molar-refractivity contribution is -0.133. The molecule has 1 saturated heterocycles. The minimum Gasteiger partial charge on any atom is -0.388 e. The molecule has 1 rings (SSSR count). The van der Waals surface area contributed by atoms with Crippen molar-refractivity contribution in [3.8, 4) is 0 Å². The van der Waals surface area contributed by atoms with Crippen LogP contribution in [0.25, 0.3) is 0 Å². The van der Waals surface area contributed by atoms with Crippen LogP contribution in [0, 0.1) is 17.3 Å². The van der Waals surface area contributed by atoms with E-state index in [4.69, 9.17) is 0 Å². The Morgan fingerprint density at radius 3 is 2.55 bits per heavy atom. The molecule has 118 valence electrons. The van der Waals surface area contributed by atoms with Gasteiger partial charge in [-0.1, -0.05) is 27.7 Å². The first kappa shape index (κ1) is 17.4. The lowest BCUT2D eigenvalue weighted by atomic mass is 9.74. The molecule has 3 N–H and O–H groups in total. The third kappa shape index (κ3) is 5.06. The molecule has 1 aliphatic heterocycles. The number of rotatable bonds is 6. The van der Waals surface area contributed by atoms with E-state index in [9.17, 15) is 9.90 Å². The largest absolute Gasteiger partial charge is 0.388 e. The van der Waals surface area contributed by atoms with Crippen molar-refractivity contribution in [2.45, 2.75) is 59.5 Å². The molecule has 0 aromatic carbocycles. The van der Waals surface area contributed by atoms with Gasteiger partial charge in [-0.2, -0.15) is 0 Å². The molecule has 1 heterocycles. The second-order valence-corrected chi connectivity index (χ2v) is 7.54. The minimum absolute atomic E-state index is 0.0511. The van der Waals surface area contributed by atoms with Gasteiger partial charge in [0.05, 0.1) is 5.60 Å². The van der Waals surface area contributed by atoms with Crippen LogP contribution in [0.1, 0.15) is 53.9 Å². The summed E-state index contributed by atoms with van der Waals surface area (Å²) in [6.07, 6.45) is 2.92. The van der Waals surface area contributed by atoms with Crippen LogP contribution in [0.3, 0.4) is 0 Å². The van der Waals surface area contributed by atoms with E-state index in [0.29, 0.717) is 24.8 Å². The van der Waals surface area contributed by atoms with Crippen LogP contribution in [0.15, 0.2) is 0 Å². The van der Waals surface area contributed by atoms with Crippen LogP contribution >= 0.6 is 0 Å². The maximum Gasteiger partial charge on any atom is 0.226 e. The first-order chi connectivity index (χ1) is 9.15. The van der Waals surface area contributed by atoms with Crippen molar-refractivity contribution in [1.29, 1.82) is 0 Å². The molecule has 1 fully saturated rings. The molecule has 0 aromatic rings. The van der Waals surface area contributed by atoms with Crippen molar-refractivity contribution in [1.82, 2.24) is 10.6 Å². The Labute approximate surface area is 123 Å². The van der Waals surface area contributed by atoms with E-state index < -0.39 is 5.60 Å². The smallest absolute Gasteiger partial charge is 0.226 e. The van der Waals surface area contributed by atoms with Crippen LogP contribution in [0.4, 0.5) is 0 Å². The molecule has 2 unspecified atom stereocenters. The van der Waals surface area contributed by atoms with E-state index in [1.807, 2.05) is 13.8 Å². The van der Waals surface area contributed by atoms with Gasteiger partial charge in [-0.05, 0) is 51.1 Å². The van der Waals surface area contributed by atoms with Gasteiger partial charge in [0, 0.05) is 12.0 Å². The van der Waals surface area contributed by atoms with Gasteiger partial charge in [-0.25, -0.2) is 0 Å². The fourth-order valence-corrected chi connectivity index (χ4v) is 3.10. The van der Waals surface area contributed by atoms with E-state index in [2.05, 4.69) is 24.5 Å². The summed E-state index contributed by atoms with van der Waals surface area (Å²) in [7, 11) is 0. The Morgan fingerprint density at radius 1 is 1.40 bits per heavy atom. The molecule has 0 radical (unpaired) electrons. The summed E-state index contributed by atoms with van der Waals surface area (Å²) in [5, 5.41) is 16.6. The van der Waals surface area contributed by atoms with Crippen LogP contribution in [0.5, 0.6) is 0 Å². The minimum atomic E-state index is -0.829. The molecule has 0 bridgehead atoms. The van der Waals surface area contributed by atoms with Crippen molar-refractivity contribution in [3.05, 3.63) is 0 Å². The zero-order valence-corrected chi connectivity index (χ0v) is 13.8. The third-order valence-corrected chi connectivity index (χ3v) is 4.38. The molecule has 0 aliphatic carbocycles. The summed E-state index contributed by atoms with van der Waals surface area (Å²) < 4.78 is 0. The Morgan fingerprint density at radius 2 is 2.05 bits per heavy atom. The van der Waals surface area contributed by atoms with E-state index in [1.165, 1.54) is 0 Å². The Kier molecular flexibility index (Phi) is 6.02. The summed E-state index contributed by atoms with van der Waals surface area (Å²) in [5.41, 5.74) is -1.22. The van der Waals surface area contributed by atoms with Gasteiger partial charge in [0.25, 0.3) is 0 Å². The van der Waals surface area contributed by atoms with E-state index in [1.54, 1.807) is 6.92 Å². The summed E-state index contributed by atoms with van der Waals surface area (Å²) in [5.74, 6) is 0.832. The molecule has 2 atom stereocenters. The number of amides is 1.